The van der Waals surface area contributed by atoms with Crippen molar-refractivity contribution in [1.82, 2.24) is 0 Å². The Morgan fingerprint density at radius 1 is 0.931 bits per heavy atom. The van der Waals surface area contributed by atoms with Crippen molar-refractivity contribution in [2.45, 2.75) is 10.1 Å². The summed E-state index contributed by atoms with van der Waals surface area (Å²) in [6.45, 7) is 0. The highest BCUT2D eigenvalue weighted by Gasteiger charge is 2.38. The monoisotopic (exact) mass is 399 g/mol. The van der Waals surface area contributed by atoms with Crippen LogP contribution >= 0.6 is 11.8 Å². The summed E-state index contributed by atoms with van der Waals surface area (Å²) in [5.74, 6) is -0.327. The third kappa shape index (κ3) is 2.86. The molecule has 1 aliphatic carbocycles. The van der Waals surface area contributed by atoms with Crippen LogP contribution in [-0.4, -0.2) is 18.9 Å². The Bertz CT molecular complexity index is 1180. The van der Waals surface area contributed by atoms with Crippen molar-refractivity contribution in [1.29, 1.82) is 0 Å². The van der Waals surface area contributed by atoms with E-state index in [1.165, 1.54) is 7.11 Å². The van der Waals surface area contributed by atoms with Gasteiger partial charge >= 0.3 is 5.97 Å². The van der Waals surface area contributed by atoms with Crippen molar-refractivity contribution in [2.24, 2.45) is 0 Å². The minimum atomic E-state index is -0.374. The summed E-state index contributed by atoms with van der Waals surface area (Å²) in [7, 11) is 1.37. The lowest BCUT2D eigenvalue weighted by Gasteiger charge is -2.17. The molecule has 0 spiro atoms. The zero-order valence-corrected chi connectivity index (χ0v) is 16.5. The van der Waals surface area contributed by atoms with Crippen molar-refractivity contribution in [3.8, 4) is 0 Å². The maximum atomic E-state index is 13.4. The number of hydrogen-bond donors (Lipinski definition) is 1. The predicted molar refractivity (Wildman–Crippen MR) is 114 cm³/mol. The van der Waals surface area contributed by atoms with Crippen LogP contribution in [0.3, 0.4) is 0 Å². The zero-order valence-electron chi connectivity index (χ0n) is 15.6. The summed E-state index contributed by atoms with van der Waals surface area (Å²) < 4.78 is 4.80. The SMILES string of the molecule is COC(=O)c1ccc(C2Sc3ccccc3NC3=C2C(=O)c2ccccc23)cc1. The largest absolute Gasteiger partial charge is 0.465 e. The normalized spacial score (nSPS) is 17.0. The number of benzene rings is 3. The van der Waals surface area contributed by atoms with Crippen LogP contribution in [0, 0.1) is 0 Å². The lowest BCUT2D eigenvalue weighted by molar-refractivity contribution is 0.0600. The molecular formula is C24H17NO3S. The Morgan fingerprint density at radius 2 is 1.62 bits per heavy atom. The van der Waals surface area contributed by atoms with E-state index in [9.17, 15) is 9.59 Å². The summed E-state index contributed by atoms with van der Waals surface area (Å²) >= 11 is 1.64. The van der Waals surface area contributed by atoms with Gasteiger partial charge in [-0.1, -0.05) is 48.5 Å². The van der Waals surface area contributed by atoms with Gasteiger partial charge in [0.15, 0.2) is 5.78 Å². The minimum absolute atomic E-state index is 0.0467. The first-order valence-electron chi connectivity index (χ1n) is 9.26. The number of ether oxygens (including phenoxy) is 1. The average Bonchev–Trinajstić information content (AvgIpc) is 2.94. The van der Waals surface area contributed by atoms with E-state index in [0.29, 0.717) is 5.56 Å². The van der Waals surface area contributed by atoms with Gasteiger partial charge in [0.1, 0.15) is 0 Å². The molecule has 1 atom stereocenters. The summed E-state index contributed by atoms with van der Waals surface area (Å²) in [6, 6.07) is 23.1. The fraction of sp³-hybridized carbons (Fsp3) is 0.0833. The van der Waals surface area contributed by atoms with Gasteiger partial charge < -0.3 is 10.1 Å². The zero-order chi connectivity index (χ0) is 20.0. The number of carbonyl (C=O) groups excluding carboxylic acids is 2. The lowest BCUT2D eigenvalue weighted by atomic mass is 9.99. The Hall–Kier alpha value is -3.31. The number of Topliss-reactive ketones (excluding diaryl/α,β-unsaturated/α-hetero) is 1. The highest BCUT2D eigenvalue weighted by molar-refractivity contribution is 8.00. The molecule has 2 aliphatic rings. The average molecular weight is 399 g/mol. The molecule has 0 saturated carbocycles. The van der Waals surface area contributed by atoms with Crippen molar-refractivity contribution >= 4 is 34.9 Å². The van der Waals surface area contributed by atoms with Gasteiger partial charge in [0.2, 0.25) is 0 Å². The molecule has 1 heterocycles. The Labute approximate surface area is 172 Å². The van der Waals surface area contributed by atoms with Crippen molar-refractivity contribution in [3.05, 3.63) is 101 Å². The second-order valence-corrected chi connectivity index (χ2v) is 8.04. The van der Waals surface area contributed by atoms with Gasteiger partial charge in [0.05, 0.1) is 29.3 Å². The predicted octanol–water partition coefficient (Wildman–Crippen LogP) is 5.34. The molecular weight excluding hydrogens is 382 g/mol. The molecule has 3 aromatic rings. The molecule has 0 fully saturated rings. The Morgan fingerprint density at radius 3 is 2.38 bits per heavy atom. The molecule has 0 aromatic heterocycles. The van der Waals surface area contributed by atoms with Gasteiger partial charge in [-0.25, -0.2) is 4.79 Å². The third-order valence-corrected chi connectivity index (χ3v) is 6.60. The number of anilines is 1. The van der Waals surface area contributed by atoms with Crippen LogP contribution in [0.15, 0.2) is 83.3 Å². The topological polar surface area (TPSA) is 55.4 Å². The van der Waals surface area contributed by atoms with Gasteiger partial charge in [-0.2, -0.15) is 0 Å². The molecule has 0 bridgehead atoms. The molecule has 1 aliphatic heterocycles. The second-order valence-electron chi connectivity index (χ2n) is 6.90. The molecule has 0 saturated heterocycles. The summed E-state index contributed by atoms with van der Waals surface area (Å²) in [5, 5.41) is 3.32. The van der Waals surface area contributed by atoms with Gasteiger partial charge in [0.25, 0.3) is 0 Å². The Balaban J connectivity index is 1.67. The lowest BCUT2D eigenvalue weighted by Crippen LogP contribution is -2.08. The molecule has 5 heteroatoms. The smallest absolute Gasteiger partial charge is 0.337 e. The number of para-hydroxylation sites is 1. The summed E-state index contributed by atoms with van der Waals surface area (Å²) in [6.07, 6.45) is 0. The first-order chi connectivity index (χ1) is 14.2. The molecule has 0 amide bonds. The second kappa shape index (κ2) is 6.94. The molecule has 5 rings (SSSR count). The van der Waals surface area contributed by atoms with E-state index in [1.807, 2.05) is 54.6 Å². The van der Waals surface area contributed by atoms with Gasteiger partial charge in [0, 0.05) is 21.6 Å². The maximum absolute atomic E-state index is 13.4. The standard InChI is InChI=1S/C24H17NO3S/c1-28-24(27)15-12-10-14(11-13-15)23-20-21(16-6-2-3-7-17(16)22(20)26)25-18-8-4-5-9-19(18)29-23/h2-13,23,25H,1H3. The van der Waals surface area contributed by atoms with Gasteiger partial charge in [-0.05, 0) is 29.8 Å². The van der Waals surface area contributed by atoms with Crippen LogP contribution in [0.25, 0.3) is 5.70 Å². The number of nitrogens with one attached hydrogen (secondary N) is 1. The highest BCUT2D eigenvalue weighted by atomic mass is 32.2. The van der Waals surface area contributed by atoms with Crippen LogP contribution in [0.2, 0.25) is 0 Å². The molecule has 29 heavy (non-hydrogen) atoms. The fourth-order valence-corrected chi connectivity index (χ4v) is 5.12. The molecule has 0 radical (unpaired) electrons. The van der Waals surface area contributed by atoms with Crippen LogP contribution in [-0.2, 0) is 4.74 Å². The van der Waals surface area contributed by atoms with Crippen molar-refractivity contribution in [2.75, 3.05) is 12.4 Å². The third-order valence-electron chi connectivity index (χ3n) is 5.24. The van der Waals surface area contributed by atoms with E-state index < -0.39 is 0 Å². The summed E-state index contributed by atoms with van der Waals surface area (Å²) in [4.78, 5) is 26.2. The van der Waals surface area contributed by atoms with E-state index >= 15 is 0 Å². The minimum Gasteiger partial charge on any atom is -0.465 e. The number of thioether (sulfide) groups is 1. The van der Waals surface area contributed by atoms with Crippen LogP contribution in [0.1, 0.15) is 37.1 Å². The number of carbonyl (C=O) groups is 2. The molecule has 1 N–H and O–H groups in total. The summed E-state index contributed by atoms with van der Waals surface area (Å²) in [5.41, 5.74) is 5.71. The molecule has 142 valence electrons. The number of hydrogen-bond acceptors (Lipinski definition) is 5. The number of rotatable bonds is 2. The van der Waals surface area contributed by atoms with Gasteiger partial charge in [-0.15, -0.1) is 11.8 Å². The number of ketones is 1. The fourth-order valence-electron chi connectivity index (χ4n) is 3.83. The van der Waals surface area contributed by atoms with Crippen LogP contribution in [0.5, 0.6) is 0 Å². The quantitative estimate of drug-likeness (QED) is 0.590. The van der Waals surface area contributed by atoms with E-state index in [1.54, 1.807) is 23.9 Å². The number of esters is 1. The van der Waals surface area contributed by atoms with Crippen molar-refractivity contribution < 1.29 is 14.3 Å². The molecule has 3 aromatic carbocycles. The van der Waals surface area contributed by atoms with E-state index in [-0.39, 0.29) is 17.0 Å². The Kier molecular flexibility index (Phi) is 4.25. The highest BCUT2D eigenvalue weighted by Crippen LogP contribution is 2.52. The van der Waals surface area contributed by atoms with Crippen LogP contribution < -0.4 is 5.32 Å². The first kappa shape index (κ1) is 17.8. The van der Waals surface area contributed by atoms with E-state index in [0.717, 1.165) is 38.5 Å². The number of methoxy groups -OCH3 is 1. The van der Waals surface area contributed by atoms with E-state index in [2.05, 4.69) is 11.4 Å². The maximum Gasteiger partial charge on any atom is 0.337 e. The molecule has 4 nitrogen and oxygen atoms in total. The number of fused-ring (bicyclic) bond motifs is 3. The van der Waals surface area contributed by atoms with Crippen molar-refractivity contribution in [3.63, 3.8) is 0 Å². The van der Waals surface area contributed by atoms with E-state index in [4.69, 9.17) is 4.74 Å². The first-order valence-corrected chi connectivity index (χ1v) is 10.1. The molecule has 1 unspecified atom stereocenters. The van der Waals surface area contributed by atoms with Gasteiger partial charge in [-0.3, -0.25) is 4.79 Å². The van der Waals surface area contributed by atoms with Crippen LogP contribution in [0.4, 0.5) is 5.69 Å².